The van der Waals surface area contributed by atoms with E-state index < -0.39 is 0 Å². The Bertz CT molecular complexity index is 308. The van der Waals surface area contributed by atoms with Crippen molar-refractivity contribution in [3.8, 4) is 0 Å². The molecule has 0 aliphatic carbocycles. The van der Waals surface area contributed by atoms with Crippen LogP contribution >= 0.6 is 34.8 Å². The van der Waals surface area contributed by atoms with E-state index in [4.69, 9.17) is 34.8 Å². The van der Waals surface area contributed by atoms with Crippen LogP contribution in [0.5, 0.6) is 0 Å². The number of benzene rings is 1. The van der Waals surface area contributed by atoms with Gasteiger partial charge in [-0.3, -0.25) is 0 Å². The standard InChI is InChI=1S/C11H13Cl3/c1-6(2)7(3)11-9(13)4-8(12)5-10(11)14/h4-7H,1-3H3. The van der Waals surface area contributed by atoms with E-state index >= 15 is 0 Å². The second kappa shape index (κ2) is 4.74. The first-order valence-electron chi connectivity index (χ1n) is 4.58. The highest BCUT2D eigenvalue weighted by molar-refractivity contribution is 6.39. The topological polar surface area (TPSA) is 0 Å². The summed E-state index contributed by atoms with van der Waals surface area (Å²) >= 11 is 18.0. The maximum absolute atomic E-state index is 6.10. The molecule has 0 radical (unpaired) electrons. The summed E-state index contributed by atoms with van der Waals surface area (Å²) in [5, 5.41) is 1.90. The molecule has 78 valence electrons. The first kappa shape index (κ1) is 12.2. The molecule has 0 amide bonds. The predicted octanol–water partition coefficient (Wildman–Crippen LogP) is 5.41. The Balaban J connectivity index is 3.20. The van der Waals surface area contributed by atoms with Gasteiger partial charge in [0, 0.05) is 15.1 Å². The Hall–Kier alpha value is 0.0900. The highest BCUT2D eigenvalue weighted by atomic mass is 35.5. The molecule has 3 heteroatoms. The van der Waals surface area contributed by atoms with Crippen molar-refractivity contribution in [3.63, 3.8) is 0 Å². The van der Waals surface area contributed by atoms with Crippen molar-refractivity contribution in [1.29, 1.82) is 0 Å². The first-order valence-corrected chi connectivity index (χ1v) is 5.71. The van der Waals surface area contributed by atoms with Crippen molar-refractivity contribution in [3.05, 3.63) is 32.8 Å². The van der Waals surface area contributed by atoms with E-state index in [-0.39, 0.29) is 0 Å². The van der Waals surface area contributed by atoms with Crippen molar-refractivity contribution < 1.29 is 0 Å². The molecule has 0 aliphatic rings. The molecule has 0 aromatic heterocycles. The minimum atomic E-state index is 0.340. The van der Waals surface area contributed by atoms with Gasteiger partial charge in [0.15, 0.2) is 0 Å². The zero-order valence-corrected chi connectivity index (χ0v) is 10.7. The van der Waals surface area contributed by atoms with Gasteiger partial charge in [0.25, 0.3) is 0 Å². The van der Waals surface area contributed by atoms with Gasteiger partial charge in [-0.2, -0.15) is 0 Å². The van der Waals surface area contributed by atoms with Gasteiger partial charge in [0.2, 0.25) is 0 Å². The Labute approximate surface area is 100 Å². The highest BCUT2D eigenvalue weighted by Gasteiger charge is 2.17. The molecule has 0 spiro atoms. The highest BCUT2D eigenvalue weighted by Crippen LogP contribution is 2.37. The molecular weight excluding hydrogens is 238 g/mol. The molecule has 1 unspecified atom stereocenters. The second-order valence-electron chi connectivity index (χ2n) is 3.82. The summed E-state index contributed by atoms with van der Waals surface area (Å²) in [6.07, 6.45) is 0. The molecule has 14 heavy (non-hydrogen) atoms. The van der Waals surface area contributed by atoms with E-state index in [1.165, 1.54) is 0 Å². The summed E-state index contributed by atoms with van der Waals surface area (Å²) in [6.45, 7) is 6.41. The molecule has 1 rings (SSSR count). The molecule has 1 aromatic rings. The van der Waals surface area contributed by atoms with Crippen molar-refractivity contribution >= 4 is 34.8 Å². The zero-order valence-electron chi connectivity index (χ0n) is 8.44. The van der Waals surface area contributed by atoms with Crippen LogP contribution in [-0.2, 0) is 0 Å². The van der Waals surface area contributed by atoms with E-state index in [1.807, 2.05) is 0 Å². The molecule has 1 atom stereocenters. The molecule has 0 nitrogen and oxygen atoms in total. The summed E-state index contributed by atoms with van der Waals surface area (Å²) in [7, 11) is 0. The minimum absolute atomic E-state index is 0.340. The van der Waals surface area contributed by atoms with Gasteiger partial charge in [0.05, 0.1) is 0 Å². The van der Waals surface area contributed by atoms with Crippen molar-refractivity contribution in [2.24, 2.45) is 5.92 Å². The van der Waals surface area contributed by atoms with Gasteiger partial charge in [-0.15, -0.1) is 0 Å². The molecular formula is C11H13Cl3. The summed E-state index contributed by atoms with van der Waals surface area (Å²) in [5.41, 5.74) is 0.993. The first-order chi connectivity index (χ1) is 6.43. The lowest BCUT2D eigenvalue weighted by Crippen LogP contribution is -2.03. The Morgan fingerprint density at radius 1 is 0.929 bits per heavy atom. The fourth-order valence-electron chi connectivity index (χ4n) is 1.32. The number of halogens is 3. The third-order valence-corrected chi connectivity index (χ3v) is 3.34. The quantitative estimate of drug-likeness (QED) is 0.659. The van der Waals surface area contributed by atoms with E-state index in [0.717, 1.165) is 5.56 Å². The van der Waals surface area contributed by atoms with Gasteiger partial charge < -0.3 is 0 Å². The van der Waals surface area contributed by atoms with E-state index in [9.17, 15) is 0 Å². The molecule has 0 saturated carbocycles. The van der Waals surface area contributed by atoms with Crippen LogP contribution in [0.4, 0.5) is 0 Å². The van der Waals surface area contributed by atoms with E-state index in [0.29, 0.717) is 26.9 Å². The van der Waals surface area contributed by atoms with Gasteiger partial charge in [-0.25, -0.2) is 0 Å². The number of hydrogen-bond donors (Lipinski definition) is 0. The summed E-state index contributed by atoms with van der Waals surface area (Å²) in [5.74, 6) is 0.846. The molecule has 0 aliphatic heterocycles. The SMILES string of the molecule is CC(C)C(C)c1c(Cl)cc(Cl)cc1Cl. The molecule has 1 aromatic carbocycles. The van der Waals surface area contributed by atoms with Crippen LogP contribution in [0.2, 0.25) is 15.1 Å². The van der Waals surface area contributed by atoms with Crippen LogP contribution < -0.4 is 0 Å². The molecule has 0 fully saturated rings. The van der Waals surface area contributed by atoms with Crippen molar-refractivity contribution in [2.45, 2.75) is 26.7 Å². The Morgan fingerprint density at radius 3 is 1.71 bits per heavy atom. The number of rotatable bonds is 2. The molecule has 0 N–H and O–H groups in total. The van der Waals surface area contributed by atoms with Crippen LogP contribution in [0.3, 0.4) is 0 Å². The third-order valence-electron chi connectivity index (χ3n) is 2.50. The van der Waals surface area contributed by atoms with Crippen LogP contribution in [0.1, 0.15) is 32.3 Å². The Kier molecular flexibility index (Phi) is 4.12. The second-order valence-corrected chi connectivity index (χ2v) is 5.07. The normalized spacial score (nSPS) is 13.4. The van der Waals surface area contributed by atoms with Crippen LogP contribution in [0.25, 0.3) is 0 Å². The smallest absolute Gasteiger partial charge is 0.0470 e. The van der Waals surface area contributed by atoms with Gasteiger partial charge in [0.1, 0.15) is 0 Å². The monoisotopic (exact) mass is 250 g/mol. The summed E-state index contributed by atoms with van der Waals surface area (Å²) in [6, 6.07) is 3.48. The van der Waals surface area contributed by atoms with Gasteiger partial charge >= 0.3 is 0 Å². The van der Waals surface area contributed by atoms with Crippen molar-refractivity contribution in [2.75, 3.05) is 0 Å². The lowest BCUT2D eigenvalue weighted by atomic mass is 9.90. The molecule has 0 heterocycles. The van der Waals surface area contributed by atoms with Crippen molar-refractivity contribution in [1.82, 2.24) is 0 Å². The average molecular weight is 252 g/mol. The van der Waals surface area contributed by atoms with E-state index in [1.54, 1.807) is 12.1 Å². The predicted molar refractivity (Wildman–Crippen MR) is 64.7 cm³/mol. The largest absolute Gasteiger partial charge is 0.0842 e. The van der Waals surface area contributed by atoms with E-state index in [2.05, 4.69) is 20.8 Å². The maximum Gasteiger partial charge on any atom is 0.0470 e. The third kappa shape index (κ3) is 2.56. The van der Waals surface area contributed by atoms with Crippen LogP contribution in [0.15, 0.2) is 12.1 Å². The molecule has 0 bridgehead atoms. The number of hydrogen-bond acceptors (Lipinski definition) is 0. The average Bonchev–Trinajstić information content (AvgIpc) is 2.01. The zero-order chi connectivity index (χ0) is 10.9. The lowest BCUT2D eigenvalue weighted by molar-refractivity contribution is 0.535. The summed E-state index contributed by atoms with van der Waals surface area (Å²) < 4.78 is 0. The fourth-order valence-corrected chi connectivity index (χ4v) is 2.48. The van der Waals surface area contributed by atoms with Gasteiger partial charge in [-0.05, 0) is 29.5 Å². The maximum atomic E-state index is 6.10. The molecule has 0 saturated heterocycles. The minimum Gasteiger partial charge on any atom is -0.0842 e. The Morgan fingerprint density at radius 2 is 1.36 bits per heavy atom. The van der Waals surface area contributed by atoms with Crippen LogP contribution in [-0.4, -0.2) is 0 Å². The lowest BCUT2D eigenvalue weighted by Gasteiger charge is -2.19. The van der Waals surface area contributed by atoms with Gasteiger partial charge in [-0.1, -0.05) is 55.6 Å². The summed E-state index contributed by atoms with van der Waals surface area (Å²) in [4.78, 5) is 0. The van der Waals surface area contributed by atoms with Crippen LogP contribution in [0, 0.1) is 5.92 Å². The fraction of sp³-hybridized carbons (Fsp3) is 0.455.